The van der Waals surface area contributed by atoms with Crippen molar-refractivity contribution < 1.29 is 43.0 Å². The molecule has 1 aliphatic rings. The highest BCUT2D eigenvalue weighted by Crippen LogP contribution is 2.30. The van der Waals surface area contributed by atoms with E-state index >= 15 is 0 Å². The van der Waals surface area contributed by atoms with Gasteiger partial charge in [-0.25, -0.2) is 14.5 Å². The number of urea groups is 1. The summed E-state index contributed by atoms with van der Waals surface area (Å²) >= 11 is 0. The van der Waals surface area contributed by atoms with Gasteiger partial charge in [0.1, 0.15) is 28.8 Å². The van der Waals surface area contributed by atoms with E-state index in [1.165, 1.54) is 0 Å². The third-order valence-corrected chi connectivity index (χ3v) is 5.35. The summed E-state index contributed by atoms with van der Waals surface area (Å²) in [5.41, 5.74) is 2.91. The molecule has 0 aromatic rings. The van der Waals surface area contributed by atoms with E-state index in [9.17, 15) is 28.8 Å². The number of ether oxygens (including phenoxy) is 3. The number of nitrogens with zero attached hydrogens (tertiary/aromatic N) is 1. The van der Waals surface area contributed by atoms with Gasteiger partial charge in [-0.2, -0.15) is 0 Å². The van der Waals surface area contributed by atoms with Crippen LogP contribution in [0.5, 0.6) is 0 Å². The van der Waals surface area contributed by atoms with Crippen LogP contribution in [0.1, 0.15) is 94.4 Å². The van der Waals surface area contributed by atoms with Gasteiger partial charge in [-0.15, -0.1) is 0 Å². The molecular weight excluding hydrogens is 510 g/mol. The first kappa shape index (κ1) is 34.0. The van der Waals surface area contributed by atoms with Gasteiger partial charge in [-0.1, -0.05) is 0 Å². The molecule has 1 aliphatic heterocycles. The van der Waals surface area contributed by atoms with Crippen LogP contribution in [-0.4, -0.2) is 70.0 Å². The van der Waals surface area contributed by atoms with Crippen LogP contribution in [0.4, 0.5) is 4.79 Å². The van der Waals surface area contributed by atoms with Crippen molar-refractivity contribution >= 4 is 35.8 Å². The molecular formula is C27H45N3O9. The molecule has 1 unspecified atom stereocenters. The number of barbiturate groups is 1. The number of unbranched alkanes of at least 4 members (excludes halogenated alkanes) is 1. The molecule has 39 heavy (non-hydrogen) atoms. The fraction of sp³-hybridized carbons (Fsp3) is 0.778. The van der Waals surface area contributed by atoms with Gasteiger partial charge >= 0.3 is 23.9 Å². The zero-order valence-corrected chi connectivity index (χ0v) is 24.7. The second-order valence-electron chi connectivity index (χ2n) is 12.6. The number of imide groups is 2. The van der Waals surface area contributed by atoms with Gasteiger partial charge in [0, 0.05) is 6.42 Å². The lowest BCUT2D eigenvalue weighted by atomic mass is 9.84. The number of nitrogens with one attached hydrogen (secondary N) is 1. The Hall–Kier alpha value is -3.02. The Labute approximate surface area is 230 Å². The molecule has 0 spiro atoms. The topological polar surface area (TPSA) is 171 Å². The number of hydrogen-bond acceptors (Lipinski definition) is 10. The van der Waals surface area contributed by atoms with Crippen LogP contribution in [0.3, 0.4) is 0 Å². The quantitative estimate of drug-likeness (QED) is 0.167. The zero-order chi connectivity index (χ0) is 30.3. The van der Waals surface area contributed by atoms with Crippen molar-refractivity contribution in [3.63, 3.8) is 0 Å². The van der Waals surface area contributed by atoms with Crippen molar-refractivity contribution in [2.24, 2.45) is 17.6 Å². The van der Waals surface area contributed by atoms with Crippen LogP contribution in [0.2, 0.25) is 0 Å². The summed E-state index contributed by atoms with van der Waals surface area (Å²) in [5, 5.41) is 2.09. The van der Waals surface area contributed by atoms with Crippen molar-refractivity contribution in [2.75, 3.05) is 6.54 Å². The standard InChI is InChI=1S/C27H45N3O9/c1-25(2,3)37-18(31)14-13-16(22(34)38-26(4,5)6)19-20(32)29-24(36)30(21(19)33)17(12-10-11-15-28)23(35)39-27(7,8)9/h16-17,19H,10-15,28H2,1-9H3,(H,29,32,36)/t16-,17-,19?/m0/s1. The minimum atomic E-state index is -1.72. The summed E-state index contributed by atoms with van der Waals surface area (Å²) in [6.07, 6.45) is 0.394. The predicted octanol–water partition coefficient (Wildman–Crippen LogP) is 2.60. The van der Waals surface area contributed by atoms with Crippen LogP contribution in [0.25, 0.3) is 0 Å². The van der Waals surface area contributed by atoms with E-state index in [1.54, 1.807) is 62.3 Å². The monoisotopic (exact) mass is 555 g/mol. The van der Waals surface area contributed by atoms with Gasteiger partial charge < -0.3 is 19.9 Å². The molecule has 1 fully saturated rings. The maximum Gasteiger partial charge on any atom is 0.331 e. The molecule has 1 heterocycles. The largest absolute Gasteiger partial charge is 0.460 e. The van der Waals surface area contributed by atoms with Gasteiger partial charge in [0.2, 0.25) is 11.8 Å². The fourth-order valence-electron chi connectivity index (χ4n) is 3.92. The van der Waals surface area contributed by atoms with Gasteiger partial charge in [0.15, 0.2) is 0 Å². The molecule has 0 aromatic heterocycles. The van der Waals surface area contributed by atoms with E-state index in [0.29, 0.717) is 24.3 Å². The van der Waals surface area contributed by atoms with Crippen LogP contribution >= 0.6 is 0 Å². The highest BCUT2D eigenvalue weighted by molar-refractivity contribution is 6.18. The fourth-order valence-corrected chi connectivity index (χ4v) is 3.92. The first-order valence-corrected chi connectivity index (χ1v) is 13.2. The molecule has 3 N–H and O–H groups in total. The first-order chi connectivity index (χ1) is 17.7. The molecule has 0 radical (unpaired) electrons. The van der Waals surface area contributed by atoms with Gasteiger partial charge in [-0.3, -0.25) is 24.5 Å². The van der Waals surface area contributed by atoms with E-state index in [-0.39, 0.29) is 19.3 Å². The third kappa shape index (κ3) is 11.3. The minimum Gasteiger partial charge on any atom is -0.460 e. The average Bonchev–Trinajstić information content (AvgIpc) is 2.70. The summed E-state index contributed by atoms with van der Waals surface area (Å²) in [7, 11) is 0. The molecule has 12 heteroatoms. The summed E-state index contributed by atoms with van der Waals surface area (Å²) in [4.78, 5) is 79.0. The smallest absolute Gasteiger partial charge is 0.331 e. The van der Waals surface area contributed by atoms with Crippen LogP contribution < -0.4 is 11.1 Å². The van der Waals surface area contributed by atoms with Crippen molar-refractivity contribution in [2.45, 2.75) is 117 Å². The molecule has 0 aromatic carbocycles. The Bertz CT molecular complexity index is 942. The number of carbonyl (C=O) groups excluding carboxylic acids is 6. The summed E-state index contributed by atoms with van der Waals surface area (Å²) in [5.74, 6) is -7.59. The Kier molecular flexibility index (Phi) is 11.7. The van der Waals surface area contributed by atoms with Crippen LogP contribution in [0.15, 0.2) is 0 Å². The normalized spacial score (nSPS) is 18.3. The molecule has 0 bridgehead atoms. The highest BCUT2D eigenvalue weighted by atomic mass is 16.6. The summed E-state index contributed by atoms with van der Waals surface area (Å²) in [6.45, 7) is 15.1. The zero-order valence-electron chi connectivity index (χ0n) is 24.7. The highest BCUT2D eigenvalue weighted by Gasteiger charge is 2.51. The van der Waals surface area contributed by atoms with E-state index in [1.807, 2.05) is 0 Å². The third-order valence-electron chi connectivity index (χ3n) is 5.35. The second-order valence-corrected chi connectivity index (χ2v) is 12.6. The average molecular weight is 556 g/mol. The maximum atomic E-state index is 13.8. The molecule has 1 saturated heterocycles. The number of amides is 4. The minimum absolute atomic E-state index is 0.0429. The number of esters is 3. The SMILES string of the molecule is CC(C)(C)OC(=O)CC[C@H](C(=O)OC(C)(C)C)C1C(=O)NC(=O)N([C@@H](CCCCN)C(=O)OC(C)(C)C)C1=O. The molecule has 0 aliphatic carbocycles. The molecule has 12 nitrogen and oxygen atoms in total. The summed E-state index contributed by atoms with van der Waals surface area (Å²) < 4.78 is 16.2. The number of carbonyl (C=O) groups is 6. The van der Waals surface area contributed by atoms with E-state index in [4.69, 9.17) is 19.9 Å². The Morgan fingerprint density at radius 2 is 1.33 bits per heavy atom. The lowest BCUT2D eigenvalue weighted by Gasteiger charge is -2.38. The van der Waals surface area contributed by atoms with E-state index in [2.05, 4.69) is 5.32 Å². The molecule has 3 atom stereocenters. The van der Waals surface area contributed by atoms with Gasteiger partial charge in [-0.05, 0) is 94.5 Å². The first-order valence-electron chi connectivity index (χ1n) is 13.2. The lowest BCUT2D eigenvalue weighted by Crippen LogP contribution is -2.64. The second kappa shape index (κ2) is 13.4. The predicted molar refractivity (Wildman–Crippen MR) is 141 cm³/mol. The van der Waals surface area contributed by atoms with Crippen LogP contribution in [0, 0.1) is 11.8 Å². The van der Waals surface area contributed by atoms with Gasteiger partial charge in [0.25, 0.3) is 0 Å². The molecule has 4 amide bonds. The van der Waals surface area contributed by atoms with Gasteiger partial charge in [0.05, 0.1) is 5.92 Å². The lowest BCUT2D eigenvalue weighted by molar-refractivity contribution is -0.172. The Morgan fingerprint density at radius 3 is 1.82 bits per heavy atom. The van der Waals surface area contributed by atoms with Crippen molar-refractivity contribution in [3.8, 4) is 0 Å². The molecule has 1 rings (SSSR count). The Morgan fingerprint density at radius 1 is 0.821 bits per heavy atom. The Balaban J connectivity index is 3.44. The van der Waals surface area contributed by atoms with E-state index < -0.39 is 70.4 Å². The van der Waals surface area contributed by atoms with Crippen molar-refractivity contribution in [3.05, 3.63) is 0 Å². The summed E-state index contributed by atoms with van der Waals surface area (Å²) in [6, 6.07) is -2.45. The molecule has 0 saturated carbocycles. The van der Waals surface area contributed by atoms with Crippen LogP contribution in [-0.2, 0) is 38.2 Å². The number of nitrogens with two attached hydrogens (primary N) is 1. The number of hydrogen-bond donors (Lipinski definition) is 2. The van der Waals surface area contributed by atoms with Crippen molar-refractivity contribution in [1.82, 2.24) is 10.2 Å². The van der Waals surface area contributed by atoms with Crippen molar-refractivity contribution in [1.29, 1.82) is 0 Å². The van der Waals surface area contributed by atoms with E-state index in [0.717, 1.165) is 0 Å². The maximum absolute atomic E-state index is 13.8. The number of rotatable bonds is 11. The molecule has 222 valence electrons.